The summed E-state index contributed by atoms with van der Waals surface area (Å²) in [5.74, 6) is 0.585. The summed E-state index contributed by atoms with van der Waals surface area (Å²) >= 11 is 5.91. The lowest BCUT2D eigenvalue weighted by molar-refractivity contribution is 0.173. The molecule has 1 unspecified atom stereocenters. The zero-order valence-electron chi connectivity index (χ0n) is 11.3. The van der Waals surface area contributed by atoms with Gasteiger partial charge in [0.05, 0.1) is 24.9 Å². The summed E-state index contributed by atoms with van der Waals surface area (Å²) in [6.07, 6.45) is 0. The second kappa shape index (κ2) is 7.86. The smallest absolute Gasteiger partial charge is 0.319 e. The summed E-state index contributed by atoms with van der Waals surface area (Å²) in [7, 11) is 1.58. The highest BCUT2D eigenvalue weighted by molar-refractivity contribution is 6.31. The third-order valence-electron chi connectivity index (χ3n) is 2.28. The topological polar surface area (TPSA) is 59.6 Å². The van der Waals surface area contributed by atoms with Gasteiger partial charge >= 0.3 is 6.03 Å². The van der Waals surface area contributed by atoms with Crippen LogP contribution in [0.15, 0.2) is 18.2 Å². The van der Waals surface area contributed by atoms with Gasteiger partial charge in [-0.25, -0.2) is 4.79 Å². The maximum absolute atomic E-state index is 11.8. The van der Waals surface area contributed by atoms with Crippen molar-refractivity contribution in [3.05, 3.63) is 23.2 Å². The molecule has 106 valence electrons. The molecule has 1 rings (SSSR count). The predicted octanol–water partition coefficient (Wildman–Crippen LogP) is 2.90. The number of carbonyl (C=O) groups is 1. The molecular weight excluding hydrogens is 268 g/mol. The fourth-order valence-corrected chi connectivity index (χ4v) is 1.73. The van der Waals surface area contributed by atoms with Gasteiger partial charge in [-0.2, -0.15) is 0 Å². The van der Waals surface area contributed by atoms with E-state index in [4.69, 9.17) is 21.1 Å². The molecule has 1 atom stereocenters. The van der Waals surface area contributed by atoms with Crippen LogP contribution in [0, 0.1) is 0 Å². The number of rotatable bonds is 6. The number of carbonyl (C=O) groups excluding carboxylic acids is 1. The Hall–Kier alpha value is -1.46. The number of benzene rings is 1. The molecule has 19 heavy (non-hydrogen) atoms. The van der Waals surface area contributed by atoms with Crippen LogP contribution in [0.4, 0.5) is 10.5 Å². The minimum absolute atomic E-state index is 0.0836. The van der Waals surface area contributed by atoms with Crippen molar-refractivity contribution in [2.24, 2.45) is 0 Å². The van der Waals surface area contributed by atoms with Crippen molar-refractivity contribution >= 4 is 23.3 Å². The molecule has 6 heteroatoms. The van der Waals surface area contributed by atoms with E-state index in [1.54, 1.807) is 25.3 Å². The van der Waals surface area contributed by atoms with Crippen LogP contribution in [-0.2, 0) is 4.74 Å². The lowest BCUT2D eigenvalue weighted by Gasteiger charge is -2.15. The third kappa shape index (κ3) is 5.36. The maximum Gasteiger partial charge on any atom is 0.319 e. The number of methoxy groups -OCH3 is 1. The third-order valence-corrected chi connectivity index (χ3v) is 2.52. The normalized spacial score (nSPS) is 11.8. The van der Waals surface area contributed by atoms with E-state index < -0.39 is 0 Å². The van der Waals surface area contributed by atoms with E-state index >= 15 is 0 Å². The van der Waals surface area contributed by atoms with Crippen LogP contribution in [0.1, 0.15) is 13.8 Å². The van der Waals surface area contributed by atoms with Crippen molar-refractivity contribution in [3.63, 3.8) is 0 Å². The number of nitrogens with one attached hydrogen (secondary N) is 2. The molecule has 5 nitrogen and oxygen atoms in total. The zero-order valence-corrected chi connectivity index (χ0v) is 12.1. The Bertz CT molecular complexity index is 426. The summed E-state index contributed by atoms with van der Waals surface area (Å²) in [5.41, 5.74) is 0.538. The predicted molar refractivity (Wildman–Crippen MR) is 76.1 cm³/mol. The van der Waals surface area contributed by atoms with Crippen LogP contribution in [0.25, 0.3) is 0 Å². The summed E-state index contributed by atoms with van der Waals surface area (Å²) in [6, 6.07) is 4.67. The number of urea groups is 1. The van der Waals surface area contributed by atoms with Gasteiger partial charge < -0.3 is 20.1 Å². The Morgan fingerprint density at radius 1 is 1.47 bits per heavy atom. The van der Waals surface area contributed by atoms with Gasteiger partial charge in [-0.1, -0.05) is 11.6 Å². The molecular formula is C13H19ClN2O3. The highest BCUT2D eigenvalue weighted by Crippen LogP contribution is 2.27. The van der Waals surface area contributed by atoms with E-state index in [1.807, 2.05) is 13.8 Å². The zero-order chi connectivity index (χ0) is 14.3. The fraction of sp³-hybridized carbons (Fsp3) is 0.462. The Balaban J connectivity index is 2.69. The number of ether oxygens (including phenoxy) is 2. The molecule has 0 fully saturated rings. The minimum Gasteiger partial charge on any atom is -0.492 e. The van der Waals surface area contributed by atoms with Gasteiger partial charge in [0.15, 0.2) is 0 Å². The van der Waals surface area contributed by atoms with Crippen molar-refractivity contribution in [1.82, 2.24) is 5.32 Å². The van der Waals surface area contributed by atoms with Crippen LogP contribution in [0.2, 0.25) is 5.02 Å². The second-order valence-corrected chi connectivity index (χ2v) is 4.46. The SMILES string of the molecule is CCOc1ccc(Cl)cc1NC(=O)NC(C)COC. The molecule has 0 saturated carbocycles. The second-order valence-electron chi connectivity index (χ2n) is 4.03. The van der Waals surface area contributed by atoms with Crippen LogP contribution in [0.3, 0.4) is 0 Å². The Morgan fingerprint density at radius 2 is 2.21 bits per heavy atom. The van der Waals surface area contributed by atoms with Gasteiger partial charge in [0, 0.05) is 12.1 Å². The lowest BCUT2D eigenvalue weighted by Crippen LogP contribution is -2.38. The molecule has 0 heterocycles. The van der Waals surface area contributed by atoms with Crippen molar-refractivity contribution in [3.8, 4) is 5.75 Å². The van der Waals surface area contributed by atoms with Crippen molar-refractivity contribution in [2.75, 3.05) is 25.6 Å². The number of anilines is 1. The summed E-state index contributed by atoms with van der Waals surface area (Å²) in [6.45, 7) is 4.68. The highest BCUT2D eigenvalue weighted by atomic mass is 35.5. The Labute approximate surface area is 118 Å². The van der Waals surface area contributed by atoms with E-state index in [1.165, 1.54) is 0 Å². The van der Waals surface area contributed by atoms with Crippen LogP contribution < -0.4 is 15.4 Å². The monoisotopic (exact) mass is 286 g/mol. The average Bonchev–Trinajstić information content (AvgIpc) is 2.32. The van der Waals surface area contributed by atoms with E-state index in [9.17, 15) is 4.79 Å². The molecule has 2 N–H and O–H groups in total. The Kier molecular flexibility index (Phi) is 6.45. The largest absolute Gasteiger partial charge is 0.492 e. The molecule has 0 radical (unpaired) electrons. The molecule has 0 spiro atoms. The van der Waals surface area contributed by atoms with Crippen LogP contribution in [-0.4, -0.2) is 32.4 Å². The number of amides is 2. The summed E-state index contributed by atoms with van der Waals surface area (Å²) in [5, 5.41) is 5.99. The molecule has 1 aromatic carbocycles. The molecule has 1 aromatic rings. The highest BCUT2D eigenvalue weighted by Gasteiger charge is 2.10. The van der Waals surface area contributed by atoms with Gasteiger partial charge in [-0.05, 0) is 32.0 Å². The van der Waals surface area contributed by atoms with E-state index in [0.717, 1.165) is 0 Å². The number of halogens is 1. The van der Waals surface area contributed by atoms with Gasteiger partial charge in [0.2, 0.25) is 0 Å². The molecule has 0 saturated heterocycles. The van der Waals surface area contributed by atoms with Gasteiger partial charge in [-0.15, -0.1) is 0 Å². The number of hydrogen-bond acceptors (Lipinski definition) is 3. The molecule has 0 aliphatic carbocycles. The standard InChI is InChI=1S/C13H19ClN2O3/c1-4-19-12-6-5-10(14)7-11(12)16-13(17)15-9(2)8-18-3/h5-7,9H,4,8H2,1-3H3,(H2,15,16,17). The minimum atomic E-state index is -0.326. The fourth-order valence-electron chi connectivity index (χ4n) is 1.56. The maximum atomic E-state index is 11.8. The van der Waals surface area contributed by atoms with Crippen molar-refractivity contribution in [2.45, 2.75) is 19.9 Å². The molecule has 0 aliphatic rings. The first-order valence-corrected chi connectivity index (χ1v) is 6.43. The van der Waals surface area contributed by atoms with E-state index in [-0.39, 0.29) is 12.1 Å². The van der Waals surface area contributed by atoms with Gasteiger partial charge in [0.1, 0.15) is 5.75 Å². The van der Waals surface area contributed by atoms with Gasteiger partial charge in [0.25, 0.3) is 0 Å². The van der Waals surface area contributed by atoms with Crippen molar-refractivity contribution < 1.29 is 14.3 Å². The first-order valence-electron chi connectivity index (χ1n) is 6.05. The Morgan fingerprint density at radius 3 is 2.84 bits per heavy atom. The molecule has 0 aliphatic heterocycles. The summed E-state index contributed by atoms with van der Waals surface area (Å²) < 4.78 is 10.4. The molecule has 0 aromatic heterocycles. The van der Waals surface area contributed by atoms with Gasteiger partial charge in [-0.3, -0.25) is 0 Å². The molecule has 0 bridgehead atoms. The van der Waals surface area contributed by atoms with E-state index in [2.05, 4.69) is 10.6 Å². The lowest BCUT2D eigenvalue weighted by atomic mass is 10.3. The van der Waals surface area contributed by atoms with Crippen LogP contribution >= 0.6 is 11.6 Å². The first kappa shape index (κ1) is 15.6. The number of hydrogen-bond donors (Lipinski definition) is 2. The first-order chi connectivity index (χ1) is 9.06. The average molecular weight is 287 g/mol. The van der Waals surface area contributed by atoms with E-state index in [0.29, 0.717) is 29.7 Å². The van der Waals surface area contributed by atoms with Crippen LogP contribution in [0.5, 0.6) is 5.75 Å². The summed E-state index contributed by atoms with van der Waals surface area (Å²) in [4.78, 5) is 11.8. The van der Waals surface area contributed by atoms with Crippen molar-refractivity contribution in [1.29, 1.82) is 0 Å². The quantitative estimate of drug-likeness (QED) is 0.845. The molecule has 2 amide bonds.